The first kappa shape index (κ1) is 12.2. The van der Waals surface area contributed by atoms with Crippen LogP contribution in [0.15, 0.2) is 40.3 Å². The summed E-state index contributed by atoms with van der Waals surface area (Å²) in [5.74, 6) is 0.677. The molecule has 0 bridgehead atoms. The van der Waals surface area contributed by atoms with Crippen molar-refractivity contribution in [3.63, 3.8) is 0 Å². The maximum absolute atomic E-state index is 5.72. The molecule has 1 fully saturated rings. The monoisotopic (exact) mass is 299 g/mol. The van der Waals surface area contributed by atoms with Gasteiger partial charge in [-0.3, -0.25) is 0 Å². The number of benzene rings is 1. The van der Waals surface area contributed by atoms with Crippen molar-refractivity contribution in [3.8, 4) is 0 Å². The van der Waals surface area contributed by atoms with Crippen molar-refractivity contribution in [3.05, 3.63) is 45.9 Å². The molecule has 0 amide bonds. The Balaban J connectivity index is 1.84. The summed E-state index contributed by atoms with van der Waals surface area (Å²) < 4.78 is 1.22. The minimum Gasteiger partial charge on any atom is -0.309 e. The van der Waals surface area contributed by atoms with Gasteiger partial charge in [-0.1, -0.05) is 52.3 Å². The van der Waals surface area contributed by atoms with E-state index in [-0.39, 0.29) is 0 Å². The maximum atomic E-state index is 5.72. The van der Waals surface area contributed by atoms with E-state index in [9.17, 15) is 0 Å². The highest BCUT2D eigenvalue weighted by molar-refractivity contribution is 9.10. The van der Waals surface area contributed by atoms with E-state index in [2.05, 4.69) is 52.1 Å². The number of hydrogen-bond donors (Lipinski definition) is 1. The predicted molar refractivity (Wildman–Crippen MR) is 72.9 cm³/mol. The van der Waals surface area contributed by atoms with Crippen LogP contribution in [0.2, 0.25) is 0 Å². The van der Waals surface area contributed by atoms with Crippen LogP contribution in [0.3, 0.4) is 0 Å². The zero-order valence-corrected chi connectivity index (χ0v) is 11.4. The molecule has 1 aromatic rings. The third kappa shape index (κ3) is 2.88. The molecule has 0 aromatic heterocycles. The van der Waals surface area contributed by atoms with Crippen LogP contribution in [0.25, 0.3) is 0 Å². The summed E-state index contributed by atoms with van der Waals surface area (Å²) in [7, 11) is 0. The lowest BCUT2D eigenvalue weighted by molar-refractivity contribution is 0.298. The molecule has 0 spiro atoms. The van der Waals surface area contributed by atoms with Crippen LogP contribution in [-0.2, 0) is 0 Å². The van der Waals surface area contributed by atoms with Crippen molar-refractivity contribution in [2.75, 3.05) is 6.54 Å². The van der Waals surface area contributed by atoms with Crippen molar-refractivity contribution in [1.29, 1.82) is 0 Å². The highest BCUT2D eigenvalue weighted by atomic mass is 79.9. The lowest BCUT2D eigenvalue weighted by Gasteiger charge is -2.36. The lowest BCUT2D eigenvalue weighted by atomic mass is 9.76. The van der Waals surface area contributed by atoms with E-state index in [0.29, 0.717) is 17.0 Å². The first-order valence-electron chi connectivity index (χ1n) is 5.48. The van der Waals surface area contributed by atoms with Crippen molar-refractivity contribution in [2.24, 2.45) is 0 Å². The van der Waals surface area contributed by atoms with Crippen molar-refractivity contribution in [2.45, 2.75) is 24.8 Å². The second kappa shape index (κ2) is 5.35. The van der Waals surface area contributed by atoms with Gasteiger partial charge in [0, 0.05) is 22.1 Å². The quantitative estimate of drug-likeness (QED) is 0.885. The van der Waals surface area contributed by atoms with E-state index in [1.165, 1.54) is 22.9 Å². The van der Waals surface area contributed by atoms with Gasteiger partial charge in [-0.15, -0.1) is 0 Å². The molecule has 0 atom stereocenters. The van der Waals surface area contributed by atoms with Crippen LogP contribution >= 0.6 is 27.5 Å². The van der Waals surface area contributed by atoms with Crippen LogP contribution < -0.4 is 5.32 Å². The Hall–Kier alpha value is -0.310. The molecule has 0 aliphatic heterocycles. The Morgan fingerprint density at radius 3 is 2.75 bits per heavy atom. The van der Waals surface area contributed by atoms with E-state index >= 15 is 0 Å². The smallest absolute Gasteiger partial charge is 0.0310 e. The van der Waals surface area contributed by atoms with Crippen LogP contribution in [0.5, 0.6) is 0 Å². The van der Waals surface area contributed by atoms with Crippen LogP contribution in [0.1, 0.15) is 24.3 Å². The molecule has 1 N–H and O–H groups in total. The molecule has 0 heterocycles. The molecule has 1 aliphatic carbocycles. The fraction of sp³-hybridized carbons (Fsp3) is 0.385. The van der Waals surface area contributed by atoms with E-state index in [1.807, 2.05) is 0 Å². The van der Waals surface area contributed by atoms with Gasteiger partial charge in [-0.05, 0) is 30.4 Å². The molecule has 1 saturated carbocycles. The zero-order valence-electron chi connectivity index (χ0n) is 9.05. The predicted octanol–water partition coefficient (Wildman–Crippen LogP) is 4.04. The van der Waals surface area contributed by atoms with Gasteiger partial charge in [0.15, 0.2) is 0 Å². The molecule has 3 heteroatoms. The third-order valence-corrected chi connectivity index (χ3v) is 3.92. The van der Waals surface area contributed by atoms with Gasteiger partial charge in [-0.25, -0.2) is 0 Å². The summed E-state index contributed by atoms with van der Waals surface area (Å²) in [6, 6.07) is 9.05. The molecule has 0 radical (unpaired) electrons. The van der Waals surface area contributed by atoms with Gasteiger partial charge in [0.1, 0.15) is 0 Å². The number of halogens is 2. The fourth-order valence-corrected chi connectivity index (χ4v) is 2.79. The average Bonchev–Trinajstić information content (AvgIpc) is 2.17. The van der Waals surface area contributed by atoms with Crippen molar-refractivity contribution in [1.82, 2.24) is 5.32 Å². The molecule has 1 aromatic carbocycles. The lowest BCUT2D eigenvalue weighted by Crippen LogP contribution is -2.40. The Bertz CT molecular complexity index is 385. The Labute approximate surface area is 110 Å². The van der Waals surface area contributed by atoms with E-state index < -0.39 is 0 Å². The fourth-order valence-electron chi connectivity index (χ4n) is 2.10. The normalized spacial score (nSPS) is 23.9. The first-order valence-corrected chi connectivity index (χ1v) is 6.65. The largest absolute Gasteiger partial charge is 0.309 e. The first-order chi connectivity index (χ1) is 7.66. The van der Waals surface area contributed by atoms with E-state index in [0.717, 1.165) is 6.54 Å². The van der Waals surface area contributed by atoms with Gasteiger partial charge in [0.25, 0.3) is 0 Å². The minimum absolute atomic E-state index is 0.590. The second-order valence-electron chi connectivity index (χ2n) is 4.28. The van der Waals surface area contributed by atoms with Crippen LogP contribution in [0.4, 0.5) is 0 Å². The molecule has 1 aliphatic rings. The summed E-state index contributed by atoms with van der Waals surface area (Å²) in [6.45, 7) is 4.39. The summed E-state index contributed by atoms with van der Waals surface area (Å²) in [4.78, 5) is 0. The minimum atomic E-state index is 0.590. The molecule has 0 unspecified atom stereocenters. The Kier molecular flexibility index (Phi) is 4.06. The number of nitrogens with one attached hydrogen (secondary N) is 1. The summed E-state index contributed by atoms with van der Waals surface area (Å²) in [5.41, 5.74) is 1.42. The van der Waals surface area contributed by atoms with Crippen LogP contribution in [-0.4, -0.2) is 12.6 Å². The molecule has 1 nitrogen and oxygen atoms in total. The van der Waals surface area contributed by atoms with Gasteiger partial charge in [0.05, 0.1) is 0 Å². The third-order valence-electron chi connectivity index (χ3n) is 3.07. The summed E-state index contributed by atoms with van der Waals surface area (Å²) >= 11 is 9.32. The molecular weight excluding hydrogens is 286 g/mol. The van der Waals surface area contributed by atoms with Crippen molar-refractivity contribution >= 4 is 27.5 Å². The highest BCUT2D eigenvalue weighted by Crippen LogP contribution is 2.39. The standard InChI is InChI=1S/C13H15BrClN/c1-9(15)8-16-11-6-10(7-11)12-4-2-3-5-13(12)14/h2-5,10-11,16H,1,6-8H2. The Morgan fingerprint density at radius 2 is 2.12 bits per heavy atom. The highest BCUT2D eigenvalue weighted by Gasteiger charge is 2.30. The van der Waals surface area contributed by atoms with Gasteiger partial charge >= 0.3 is 0 Å². The van der Waals surface area contributed by atoms with E-state index in [1.54, 1.807) is 0 Å². The summed E-state index contributed by atoms with van der Waals surface area (Å²) in [5, 5.41) is 4.08. The van der Waals surface area contributed by atoms with Gasteiger partial charge in [-0.2, -0.15) is 0 Å². The second-order valence-corrected chi connectivity index (χ2v) is 5.67. The van der Waals surface area contributed by atoms with Crippen molar-refractivity contribution < 1.29 is 0 Å². The molecule has 16 heavy (non-hydrogen) atoms. The number of rotatable bonds is 4. The number of hydrogen-bond acceptors (Lipinski definition) is 1. The zero-order chi connectivity index (χ0) is 11.5. The summed E-state index contributed by atoms with van der Waals surface area (Å²) in [6.07, 6.45) is 2.37. The molecule has 86 valence electrons. The molecule has 2 rings (SSSR count). The van der Waals surface area contributed by atoms with Crippen LogP contribution in [0, 0.1) is 0 Å². The molecular formula is C13H15BrClN. The van der Waals surface area contributed by atoms with Gasteiger partial charge in [0.2, 0.25) is 0 Å². The maximum Gasteiger partial charge on any atom is 0.0310 e. The molecule has 0 saturated heterocycles. The van der Waals surface area contributed by atoms with E-state index in [4.69, 9.17) is 11.6 Å². The SMILES string of the molecule is C=C(Cl)CNC1CC(c2ccccc2Br)C1. The topological polar surface area (TPSA) is 12.0 Å². The van der Waals surface area contributed by atoms with Gasteiger partial charge < -0.3 is 5.32 Å². The Morgan fingerprint density at radius 1 is 1.44 bits per heavy atom. The average molecular weight is 301 g/mol.